The average molecular weight is 395 g/mol. The van der Waals surface area contributed by atoms with Crippen LogP contribution >= 0.6 is 0 Å². The lowest BCUT2D eigenvalue weighted by Crippen LogP contribution is -2.39. The Morgan fingerprint density at radius 3 is 2.41 bits per heavy atom. The number of nitriles is 1. The van der Waals surface area contributed by atoms with Gasteiger partial charge in [-0.1, -0.05) is 26.0 Å². The van der Waals surface area contributed by atoms with Crippen LogP contribution < -0.4 is 14.8 Å². The molecule has 0 heterocycles. The molecule has 0 radical (unpaired) electrons. The number of hydrogen-bond acceptors (Lipinski definition) is 4. The zero-order valence-corrected chi connectivity index (χ0v) is 17.3. The van der Waals surface area contributed by atoms with E-state index in [1.165, 1.54) is 5.56 Å². The van der Waals surface area contributed by atoms with Gasteiger partial charge < -0.3 is 14.8 Å². The van der Waals surface area contributed by atoms with E-state index in [2.05, 4.69) is 25.2 Å². The second kappa shape index (κ2) is 9.47. The topological polar surface area (TPSA) is 71.3 Å². The third-order valence-corrected chi connectivity index (χ3v) is 5.45. The first-order chi connectivity index (χ1) is 14.0. The van der Waals surface area contributed by atoms with E-state index in [9.17, 15) is 4.79 Å². The highest BCUT2D eigenvalue weighted by Crippen LogP contribution is 2.28. The van der Waals surface area contributed by atoms with Crippen molar-refractivity contribution in [3.63, 3.8) is 0 Å². The fourth-order valence-corrected chi connectivity index (χ4v) is 3.64. The van der Waals surface area contributed by atoms with Gasteiger partial charge in [-0.3, -0.25) is 4.79 Å². The third-order valence-electron chi connectivity index (χ3n) is 5.45. The van der Waals surface area contributed by atoms with Crippen molar-refractivity contribution in [2.24, 2.45) is 0 Å². The molecule has 0 bridgehead atoms. The maximum Gasteiger partial charge on any atom is 0.251 e. The molecule has 154 valence electrons. The Bertz CT molecular complexity index is 882. The Kier molecular flexibility index (Phi) is 6.77. The molecule has 1 saturated carbocycles. The number of benzene rings is 2. The van der Waals surface area contributed by atoms with Crippen molar-refractivity contribution < 1.29 is 15.7 Å². The molecule has 1 N–H and O–H groups in total. The van der Waals surface area contributed by atoms with E-state index in [0.717, 1.165) is 25.7 Å². The number of hydrogen-bond donors (Lipinski definition) is 1. The van der Waals surface area contributed by atoms with Gasteiger partial charge >= 0.3 is 0 Å². The fraction of sp³-hybridized carbons (Fsp3) is 0.417. The molecule has 2 aromatic rings. The summed E-state index contributed by atoms with van der Waals surface area (Å²) in [6.07, 6.45) is 3.62. The number of amides is 1. The first-order valence-electron chi connectivity index (χ1n) is 10.2. The zero-order valence-electron chi connectivity index (χ0n) is 17.3. The summed E-state index contributed by atoms with van der Waals surface area (Å²) in [6.45, 7) is 4.28. The van der Waals surface area contributed by atoms with Crippen molar-refractivity contribution >= 4 is 5.91 Å². The number of rotatable bonds is 6. The molecular formula is C24H30N2O3. The molecule has 1 aliphatic rings. The second-order valence-corrected chi connectivity index (χ2v) is 7.82. The summed E-state index contributed by atoms with van der Waals surface area (Å²) in [6, 6.07) is 15.4. The van der Waals surface area contributed by atoms with Gasteiger partial charge in [-0.25, -0.2) is 0 Å². The Morgan fingerprint density at radius 2 is 1.83 bits per heavy atom. The minimum Gasteiger partial charge on any atom is -0.495 e. The molecule has 0 unspecified atom stereocenters. The molecule has 5 heteroatoms. The molecule has 0 spiro atoms. The highest BCUT2D eigenvalue weighted by Gasteiger charge is 2.24. The van der Waals surface area contributed by atoms with Gasteiger partial charge in [-0.15, -0.1) is 0 Å². The number of carbonyl (C=O) groups excluding carboxylic acids is 1. The van der Waals surface area contributed by atoms with E-state index >= 15 is 0 Å². The van der Waals surface area contributed by atoms with Crippen molar-refractivity contribution in [1.29, 1.82) is 5.26 Å². The van der Waals surface area contributed by atoms with Crippen LogP contribution in [0.2, 0.25) is 0 Å². The summed E-state index contributed by atoms with van der Waals surface area (Å²) >= 11 is 0. The van der Waals surface area contributed by atoms with Crippen molar-refractivity contribution in [1.82, 2.24) is 5.32 Å². The lowest BCUT2D eigenvalue weighted by Gasteiger charge is -2.29. The molecule has 0 aromatic heterocycles. The predicted molar refractivity (Wildman–Crippen MR) is 114 cm³/mol. The van der Waals surface area contributed by atoms with E-state index in [0.29, 0.717) is 28.5 Å². The predicted octanol–water partition coefficient (Wildman–Crippen LogP) is 5.06. The number of nitrogens with one attached hydrogen (secondary N) is 1. The number of nitrogens with zero attached hydrogens (tertiary/aromatic N) is 1. The quantitative estimate of drug-likeness (QED) is 0.744. The summed E-state index contributed by atoms with van der Waals surface area (Å²) in [5.41, 5.74) is 2.43. The van der Waals surface area contributed by atoms with Crippen LogP contribution in [0, 0.1) is 11.3 Å². The standard InChI is InChI=1S/C24H28N2O3.H2/c1-16(2)17-4-6-18(7-5-17)24(27)26-20-9-12-21(13-10-20)29-22-11-8-19(15-25)23(14-22)28-3;/h4-8,11,14,16,20-21H,9-10,12-13H2,1-3H3,(H,26,27);1H. The van der Waals surface area contributed by atoms with E-state index < -0.39 is 0 Å². The SMILES string of the molecule is COc1cc(OC2CCC(NC(=O)c3ccc(C(C)C)cc3)CC2)ccc1C#N.[HH]. The van der Waals surface area contributed by atoms with Crippen LogP contribution in [0.15, 0.2) is 42.5 Å². The van der Waals surface area contributed by atoms with Gasteiger partial charge in [0.15, 0.2) is 0 Å². The van der Waals surface area contributed by atoms with Crippen molar-refractivity contribution in [3.05, 3.63) is 59.2 Å². The summed E-state index contributed by atoms with van der Waals surface area (Å²) in [5.74, 6) is 1.67. The first-order valence-corrected chi connectivity index (χ1v) is 10.2. The molecule has 0 saturated heterocycles. The zero-order chi connectivity index (χ0) is 20.8. The third kappa shape index (κ3) is 5.29. The molecule has 1 aliphatic carbocycles. The molecule has 0 aliphatic heterocycles. The van der Waals surface area contributed by atoms with Gasteiger partial charge in [0.25, 0.3) is 5.91 Å². The Hall–Kier alpha value is -3.00. The Morgan fingerprint density at radius 1 is 1.14 bits per heavy atom. The van der Waals surface area contributed by atoms with Crippen molar-refractivity contribution in [2.45, 2.75) is 57.6 Å². The van der Waals surface area contributed by atoms with Crippen LogP contribution in [0.25, 0.3) is 0 Å². The maximum atomic E-state index is 12.5. The van der Waals surface area contributed by atoms with Crippen LogP contribution in [0.5, 0.6) is 11.5 Å². The maximum absolute atomic E-state index is 12.5. The van der Waals surface area contributed by atoms with E-state index in [4.69, 9.17) is 14.7 Å². The highest BCUT2D eigenvalue weighted by atomic mass is 16.5. The normalized spacial score (nSPS) is 18.7. The molecule has 3 rings (SSSR count). The van der Waals surface area contributed by atoms with Crippen LogP contribution in [0.3, 0.4) is 0 Å². The highest BCUT2D eigenvalue weighted by molar-refractivity contribution is 5.94. The van der Waals surface area contributed by atoms with Gasteiger partial charge in [0.1, 0.15) is 17.6 Å². The number of methoxy groups -OCH3 is 1. The summed E-state index contributed by atoms with van der Waals surface area (Å²) in [7, 11) is 1.55. The van der Waals surface area contributed by atoms with E-state index in [-0.39, 0.29) is 19.5 Å². The Labute approximate surface area is 174 Å². The van der Waals surface area contributed by atoms with Crippen molar-refractivity contribution in [3.8, 4) is 17.6 Å². The van der Waals surface area contributed by atoms with Crippen LogP contribution in [-0.4, -0.2) is 25.2 Å². The lowest BCUT2D eigenvalue weighted by atomic mass is 9.92. The second-order valence-electron chi connectivity index (χ2n) is 7.82. The van der Waals surface area contributed by atoms with Gasteiger partial charge in [-0.05, 0) is 61.4 Å². The van der Waals surface area contributed by atoms with Crippen molar-refractivity contribution in [2.75, 3.05) is 7.11 Å². The van der Waals surface area contributed by atoms with Gasteiger partial charge in [0.2, 0.25) is 0 Å². The molecular weight excluding hydrogens is 364 g/mol. The monoisotopic (exact) mass is 394 g/mol. The lowest BCUT2D eigenvalue weighted by molar-refractivity contribution is 0.0893. The van der Waals surface area contributed by atoms with Crippen LogP contribution in [-0.2, 0) is 0 Å². The summed E-state index contributed by atoms with van der Waals surface area (Å²) in [4.78, 5) is 12.5. The Balaban J connectivity index is 0.00000320. The minimum absolute atomic E-state index is 0. The van der Waals surface area contributed by atoms with Gasteiger partial charge in [0, 0.05) is 19.1 Å². The largest absolute Gasteiger partial charge is 0.495 e. The molecule has 1 fully saturated rings. The average Bonchev–Trinajstić information content (AvgIpc) is 2.75. The first kappa shape index (κ1) is 20.7. The minimum atomic E-state index is -0.0125. The van der Waals surface area contributed by atoms with E-state index in [1.807, 2.05) is 24.3 Å². The molecule has 0 atom stereocenters. The summed E-state index contributed by atoms with van der Waals surface area (Å²) < 4.78 is 11.3. The molecule has 29 heavy (non-hydrogen) atoms. The number of carbonyl (C=O) groups is 1. The summed E-state index contributed by atoms with van der Waals surface area (Å²) in [5, 5.41) is 12.2. The molecule has 1 amide bonds. The molecule has 5 nitrogen and oxygen atoms in total. The van der Waals surface area contributed by atoms with Crippen LogP contribution in [0.4, 0.5) is 0 Å². The smallest absolute Gasteiger partial charge is 0.251 e. The van der Waals surface area contributed by atoms with Gasteiger partial charge in [0.05, 0.1) is 18.8 Å². The van der Waals surface area contributed by atoms with Crippen LogP contribution in [0.1, 0.15) is 68.4 Å². The number of ether oxygens (including phenoxy) is 2. The fourth-order valence-electron chi connectivity index (χ4n) is 3.64. The molecule has 2 aromatic carbocycles. The van der Waals surface area contributed by atoms with E-state index in [1.54, 1.807) is 25.3 Å². The van der Waals surface area contributed by atoms with Gasteiger partial charge in [-0.2, -0.15) is 5.26 Å².